The molecular formula is C17H29N. The lowest BCUT2D eigenvalue weighted by Gasteiger charge is -2.28. The van der Waals surface area contributed by atoms with Crippen molar-refractivity contribution in [3.8, 4) is 0 Å². The lowest BCUT2D eigenvalue weighted by Crippen LogP contribution is -2.30. The zero-order valence-corrected chi connectivity index (χ0v) is 12.7. The highest BCUT2D eigenvalue weighted by Gasteiger charge is 2.21. The summed E-state index contributed by atoms with van der Waals surface area (Å²) in [6.45, 7) is 12.5. The van der Waals surface area contributed by atoms with E-state index in [-0.39, 0.29) is 0 Å². The van der Waals surface area contributed by atoms with Crippen LogP contribution in [0.5, 0.6) is 0 Å². The second-order valence-electron chi connectivity index (χ2n) is 5.63. The minimum absolute atomic E-state index is 0.482. The minimum atomic E-state index is 0.482. The van der Waals surface area contributed by atoms with Crippen LogP contribution < -0.4 is 5.32 Å². The summed E-state index contributed by atoms with van der Waals surface area (Å²) < 4.78 is 0. The molecule has 1 aromatic carbocycles. The molecule has 18 heavy (non-hydrogen) atoms. The lowest BCUT2D eigenvalue weighted by atomic mass is 9.85. The van der Waals surface area contributed by atoms with Crippen LogP contribution in [0.3, 0.4) is 0 Å². The number of hydrogen-bond donors (Lipinski definition) is 1. The molecule has 0 saturated heterocycles. The molecule has 102 valence electrons. The Morgan fingerprint density at radius 2 is 1.61 bits per heavy atom. The standard InChI is InChI=1S/C17H29N/c1-6-12-18-17(14(5)13(3)4)16-10-8-15(7-2)9-11-16/h8-11,13-14,17-18H,6-7,12H2,1-5H3. The molecule has 1 nitrogen and oxygen atoms in total. The lowest BCUT2D eigenvalue weighted by molar-refractivity contribution is 0.304. The fourth-order valence-corrected chi connectivity index (χ4v) is 2.25. The summed E-state index contributed by atoms with van der Waals surface area (Å²) in [7, 11) is 0. The number of hydrogen-bond acceptors (Lipinski definition) is 1. The van der Waals surface area contributed by atoms with Crippen LogP contribution in [0, 0.1) is 11.8 Å². The van der Waals surface area contributed by atoms with E-state index in [0.29, 0.717) is 17.9 Å². The van der Waals surface area contributed by atoms with E-state index in [2.05, 4.69) is 64.2 Å². The second kappa shape index (κ2) is 7.58. The van der Waals surface area contributed by atoms with E-state index in [4.69, 9.17) is 0 Å². The van der Waals surface area contributed by atoms with Crippen molar-refractivity contribution in [3.63, 3.8) is 0 Å². The van der Waals surface area contributed by atoms with E-state index < -0.39 is 0 Å². The number of nitrogens with one attached hydrogen (secondary N) is 1. The van der Waals surface area contributed by atoms with Gasteiger partial charge in [0.15, 0.2) is 0 Å². The highest BCUT2D eigenvalue weighted by atomic mass is 14.9. The van der Waals surface area contributed by atoms with Crippen molar-refractivity contribution in [1.29, 1.82) is 0 Å². The molecule has 1 N–H and O–H groups in total. The third kappa shape index (κ3) is 4.13. The Morgan fingerprint density at radius 1 is 1.00 bits per heavy atom. The molecule has 0 aliphatic rings. The summed E-state index contributed by atoms with van der Waals surface area (Å²) >= 11 is 0. The quantitative estimate of drug-likeness (QED) is 0.743. The molecule has 0 saturated carbocycles. The van der Waals surface area contributed by atoms with Crippen molar-refractivity contribution in [2.45, 2.75) is 53.5 Å². The summed E-state index contributed by atoms with van der Waals surface area (Å²) in [5, 5.41) is 3.70. The van der Waals surface area contributed by atoms with Gasteiger partial charge in [-0.25, -0.2) is 0 Å². The largest absolute Gasteiger partial charge is 0.310 e. The Kier molecular flexibility index (Phi) is 6.42. The van der Waals surface area contributed by atoms with Crippen LogP contribution in [0.25, 0.3) is 0 Å². The van der Waals surface area contributed by atoms with Crippen molar-refractivity contribution in [2.75, 3.05) is 6.54 Å². The van der Waals surface area contributed by atoms with Crippen molar-refractivity contribution in [1.82, 2.24) is 5.32 Å². The first-order chi connectivity index (χ1) is 8.60. The minimum Gasteiger partial charge on any atom is -0.310 e. The molecule has 1 rings (SSSR count). The Bertz CT molecular complexity index is 326. The third-order valence-electron chi connectivity index (χ3n) is 3.94. The molecule has 0 amide bonds. The summed E-state index contributed by atoms with van der Waals surface area (Å²) in [5.41, 5.74) is 2.85. The molecule has 2 atom stereocenters. The van der Waals surface area contributed by atoms with Crippen LogP contribution in [0.4, 0.5) is 0 Å². The van der Waals surface area contributed by atoms with Crippen molar-refractivity contribution < 1.29 is 0 Å². The topological polar surface area (TPSA) is 12.0 Å². The zero-order chi connectivity index (χ0) is 13.5. The summed E-state index contributed by atoms with van der Waals surface area (Å²) in [6, 6.07) is 9.61. The van der Waals surface area contributed by atoms with Crippen LogP contribution in [0.15, 0.2) is 24.3 Å². The molecule has 0 radical (unpaired) electrons. The van der Waals surface area contributed by atoms with Crippen molar-refractivity contribution >= 4 is 0 Å². The maximum absolute atomic E-state index is 3.70. The first kappa shape index (κ1) is 15.2. The van der Waals surface area contributed by atoms with E-state index >= 15 is 0 Å². The van der Waals surface area contributed by atoms with Gasteiger partial charge in [-0.05, 0) is 42.3 Å². The van der Waals surface area contributed by atoms with Gasteiger partial charge in [-0.3, -0.25) is 0 Å². The normalized spacial score (nSPS) is 14.8. The molecule has 0 aliphatic carbocycles. The van der Waals surface area contributed by atoms with Gasteiger partial charge in [0.2, 0.25) is 0 Å². The van der Waals surface area contributed by atoms with E-state index in [1.54, 1.807) is 0 Å². The predicted molar refractivity (Wildman–Crippen MR) is 80.9 cm³/mol. The SMILES string of the molecule is CCCNC(c1ccc(CC)cc1)C(C)C(C)C. The van der Waals surface area contributed by atoms with Crippen LogP contribution >= 0.6 is 0 Å². The van der Waals surface area contributed by atoms with E-state index in [1.165, 1.54) is 17.5 Å². The van der Waals surface area contributed by atoms with Crippen LogP contribution in [-0.4, -0.2) is 6.54 Å². The number of rotatable bonds is 7. The Labute approximate surface area is 113 Å². The predicted octanol–water partition coefficient (Wildman–Crippen LogP) is 4.58. The Hall–Kier alpha value is -0.820. The van der Waals surface area contributed by atoms with Gasteiger partial charge in [-0.15, -0.1) is 0 Å². The van der Waals surface area contributed by atoms with Crippen molar-refractivity contribution in [3.05, 3.63) is 35.4 Å². The van der Waals surface area contributed by atoms with E-state index in [1.807, 2.05) is 0 Å². The van der Waals surface area contributed by atoms with Gasteiger partial charge < -0.3 is 5.32 Å². The molecule has 0 spiro atoms. The van der Waals surface area contributed by atoms with Crippen LogP contribution in [-0.2, 0) is 6.42 Å². The monoisotopic (exact) mass is 247 g/mol. The first-order valence-corrected chi connectivity index (χ1v) is 7.42. The fourth-order valence-electron chi connectivity index (χ4n) is 2.25. The summed E-state index contributed by atoms with van der Waals surface area (Å²) in [6.07, 6.45) is 2.31. The Balaban J connectivity index is 2.86. The average Bonchev–Trinajstić information content (AvgIpc) is 2.39. The summed E-state index contributed by atoms with van der Waals surface area (Å²) in [5.74, 6) is 1.36. The van der Waals surface area contributed by atoms with Crippen LogP contribution in [0.1, 0.15) is 58.2 Å². The highest BCUT2D eigenvalue weighted by molar-refractivity contribution is 5.25. The number of aryl methyl sites for hydroxylation is 1. The third-order valence-corrected chi connectivity index (χ3v) is 3.94. The van der Waals surface area contributed by atoms with Gasteiger partial charge >= 0.3 is 0 Å². The molecule has 0 fully saturated rings. The fraction of sp³-hybridized carbons (Fsp3) is 0.647. The molecule has 2 unspecified atom stereocenters. The molecule has 0 aliphatic heterocycles. The van der Waals surface area contributed by atoms with Crippen molar-refractivity contribution in [2.24, 2.45) is 11.8 Å². The average molecular weight is 247 g/mol. The van der Waals surface area contributed by atoms with Gasteiger partial charge in [0.05, 0.1) is 0 Å². The maximum Gasteiger partial charge on any atom is 0.0348 e. The molecule has 1 heteroatoms. The summed E-state index contributed by atoms with van der Waals surface area (Å²) in [4.78, 5) is 0. The number of benzene rings is 1. The van der Waals surface area contributed by atoms with Gasteiger partial charge in [0, 0.05) is 6.04 Å². The zero-order valence-electron chi connectivity index (χ0n) is 12.7. The molecule has 0 bridgehead atoms. The van der Waals surface area contributed by atoms with E-state index in [9.17, 15) is 0 Å². The highest BCUT2D eigenvalue weighted by Crippen LogP contribution is 2.28. The van der Waals surface area contributed by atoms with Gasteiger partial charge in [-0.2, -0.15) is 0 Å². The molecule has 1 aromatic rings. The molecular weight excluding hydrogens is 218 g/mol. The molecule has 0 heterocycles. The van der Waals surface area contributed by atoms with Crippen LogP contribution in [0.2, 0.25) is 0 Å². The Morgan fingerprint density at radius 3 is 2.06 bits per heavy atom. The van der Waals surface area contributed by atoms with Gasteiger partial charge in [0.25, 0.3) is 0 Å². The second-order valence-corrected chi connectivity index (χ2v) is 5.63. The van der Waals surface area contributed by atoms with Gasteiger partial charge in [-0.1, -0.05) is 58.9 Å². The molecule has 0 aromatic heterocycles. The van der Waals surface area contributed by atoms with Gasteiger partial charge in [0.1, 0.15) is 0 Å². The first-order valence-electron chi connectivity index (χ1n) is 7.42. The smallest absolute Gasteiger partial charge is 0.0348 e. The maximum atomic E-state index is 3.70. The van der Waals surface area contributed by atoms with E-state index in [0.717, 1.165) is 13.0 Å².